The number of thioether (sulfide) groups is 1. The third-order valence-corrected chi connectivity index (χ3v) is 3.34. The van der Waals surface area contributed by atoms with E-state index < -0.39 is 6.10 Å². The molecule has 0 bridgehead atoms. The summed E-state index contributed by atoms with van der Waals surface area (Å²) in [6.07, 6.45) is -0.639. The fraction of sp³-hybridized carbons (Fsp3) is 0.538. The lowest BCUT2D eigenvalue weighted by molar-refractivity contribution is 0.196. The molecule has 0 saturated carbocycles. The molecule has 1 nitrogen and oxygen atoms in total. The maximum Gasteiger partial charge on any atom is 0.126 e. The second kappa shape index (κ2) is 4.76. The van der Waals surface area contributed by atoms with Crippen LogP contribution in [0.1, 0.15) is 44.9 Å². The summed E-state index contributed by atoms with van der Waals surface area (Å²) < 4.78 is 13.5. The average molecular weight is 242 g/mol. The molecule has 0 unspecified atom stereocenters. The van der Waals surface area contributed by atoms with Gasteiger partial charge in [0.1, 0.15) is 5.82 Å². The second-order valence-electron chi connectivity index (χ2n) is 5.03. The summed E-state index contributed by atoms with van der Waals surface area (Å²) in [6, 6.07) is 3.25. The van der Waals surface area contributed by atoms with Crippen LogP contribution in [0.4, 0.5) is 4.39 Å². The SMILES string of the molecule is Cc1cc(SC(C)(C)C)c([C@@H](C)O)cc1F. The van der Waals surface area contributed by atoms with Crippen molar-refractivity contribution in [1.82, 2.24) is 0 Å². The first-order valence-electron chi connectivity index (χ1n) is 5.38. The van der Waals surface area contributed by atoms with Crippen molar-refractivity contribution in [2.75, 3.05) is 0 Å². The van der Waals surface area contributed by atoms with Crippen molar-refractivity contribution < 1.29 is 9.50 Å². The van der Waals surface area contributed by atoms with Crippen LogP contribution in [0.25, 0.3) is 0 Å². The van der Waals surface area contributed by atoms with E-state index in [-0.39, 0.29) is 10.6 Å². The smallest absolute Gasteiger partial charge is 0.126 e. The Bertz CT molecular complexity index is 380. The number of aryl methyl sites for hydroxylation is 1. The summed E-state index contributed by atoms with van der Waals surface area (Å²) in [4.78, 5) is 0.960. The Morgan fingerprint density at radius 1 is 1.31 bits per heavy atom. The third kappa shape index (κ3) is 3.49. The lowest BCUT2D eigenvalue weighted by Crippen LogP contribution is -2.09. The molecule has 1 aromatic carbocycles. The van der Waals surface area contributed by atoms with E-state index in [0.29, 0.717) is 11.1 Å². The van der Waals surface area contributed by atoms with Gasteiger partial charge in [-0.1, -0.05) is 20.8 Å². The lowest BCUT2D eigenvalue weighted by atomic mass is 10.1. The van der Waals surface area contributed by atoms with Crippen LogP contribution in [0.15, 0.2) is 17.0 Å². The Kier molecular flexibility index (Phi) is 4.02. The quantitative estimate of drug-likeness (QED) is 0.789. The number of rotatable bonds is 2. The highest BCUT2D eigenvalue weighted by atomic mass is 32.2. The van der Waals surface area contributed by atoms with E-state index in [4.69, 9.17) is 0 Å². The molecule has 1 N–H and O–H groups in total. The predicted molar refractivity (Wildman–Crippen MR) is 67.4 cm³/mol. The maximum atomic E-state index is 13.4. The first kappa shape index (κ1) is 13.5. The van der Waals surface area contributed by atoms with Gasteiger partial charge in [-0.3, -0.25) is 0 Å². The summed E-state index contributed by atoms with van der Waals surface area (Å²) in [5.41, 5.74) is 1.29. The molecule has 0 aromatic heterocycles. The minimum atomic E-state index is -0.639. The van der Waals surface area contributed by atoms with Crippen LogP contribution in [0, 0.1) is 12.7 Å². The molecule has 0 aliphatic carbocycles. The van der Waals surface area contributed by atoms with Gasteiger partial charge in [0.05, 0.1) is 6.10 Å². The van der Waals surface area contributed by atoms with Gasteiger partial charge in [0.15, 0.2) is 0 Å². The third-order valence-electron chi connectivity index (χ3n) is 2.16. The molecule has 90 valence electrons. The Balaban J connectivity index is 3.20. The topological polar surface area (TPSA) is 20.2 Å². The molecule has 1 rings (SSSR count). The van der Waals surface area contributed by atoms with Crippen molar-refractivity contribution in [2.45, 2.75) is 50.4 Å². The van der Waals surface area contributed by atoms with Crippen LogP contribution in [0.5, 0.6) is 0 Å². The van der Waals surface area contributed by atoms with Gasteiger partial charge in [0, 0.05) is 9.64 Å². The van der Waals surface area contributed by atoms with E-state index in [1.165, 1.54) is 6.07 Å². The number of aliphatic hydroxyl groups excluding tert-OH is 1. The van der Waals surface area contributed by atoms with Gasteiger partial charge in [-0.15, -0.1) is 11.8 Å². The highest BCUT2D eigenvalue weighted by molar-refractivity contribution is 8.00. The highest BCUT2D eigenvalue weighted by Gasteiger charge is 2.18. The molecular formula is C13H19FOS. The Labute approximate surface area is 101 Å². The maximum absolute atomic E-state index is 13.4. The summed E-state index contributed by atoms with van der Waals surface area (Å²) in [6.45, 7) is 9.71. The summed E-state index contributed by atoms with van der Waals surface area (Å²) in [5, 5.41) is 9.64. The van der Waals surface area contributed by atoms with E-state index in [1.54, 1.807) is 25.6 Å². The number of aliphatic hydroxyl groups is 1. The molecule has 1 aromatic rings. The van der Waals surface area contributed by atoms with Crippen molar-refractivity contribution in [2.24, 2.45) is 0 Å². The van der Waals surface area contributed by atoms with E-state index in [9.17, 15) is 9.50 Å². The Morgan fingerprint density at radius 3 is 2.31 bits per heavy atom. The van der Waals surface area contributed by atoms with Crippen molar-refractivity contribution in [3.63, 3.8) is 0 Å². The van der Waals surface area contributed by atoms with Crippen LogP contribution in [0.2, 0.25) is 0 Å². The number of benzene rings is 1. The zero-order chi connectivity index (χ0) is 12.5. The summed E-state index contributed by atoms with van der Waals surface area (Å²) in [5.74, 6) is -0.255. The van der Waals surface area contributed by atoms with Gasteiger partial charge in [-0.25, -0.2) is 4.39 Å². The lowest BCUT2D eigenvalue weighted by Gasteiger charge is -2.21. The molecule has 3 heteroatoms. The molecule has 0 aliphatic heterocycles. The second-order valence-corrected chi connectivity index (χ2v) is 6.90. The highest BCUT2D eigenvalue weighted by Crippen LogP contribution is 2.37. The molecule has 0 heterocycles. The molecule has 0 fully saturated rings. The molecular weight excluding hydrogens is 223 g/mol. The molecule has 16 heavy (non-hydrogen) atoms. The fourth-order valence-electron chi connectivity index (χ4n) is 1.42. The number of halogens is 1. The Morgan fingerprint density at radius 2 is 1.88 bits per heavy atom. The van der Waals surface area contributed by atoms with Gasteiger partial charge in [-0.05, 0) is 37.1 Å². The van der Waals surface area contributed by atoms with E-state index in [0.717, 1.165) is 4.90 Å². The molecule has 0 saturated heterocycles. The standard InChI is InChI=1S/C13H19FOS/c1-8-6-12(16-13(3,4)5)10(9(2)15)7-11(8)14/h6-7,9,15H,1-5H3/t9-/m1/s1. The monoisotopic (exact) mass is 242 g/mol. The summed E-state index contributed by atoms with van der Waals surface area (Å²) >= 11 is 1.65. The van der Waals surface area contributed by atoms with Crippen molar-refractivity contribution in [3.8, 4) is 0 Å². The number of hydrogen-bond acceptors (Lipinski definition) is 2. The molecule has 0 amide bonds. The fourth-order valence-corrected chi connectivity index (χ4v) is 2.66. The van der Waals surface area contributed by atoms with Gasteiger partial charge < -0.3 is 5.11 Å². The zero-order valence-corrected chi connectivity index (χ0v) is 11.3. The minimum absolute atomic E-state index is 0.0495. The largest absolute Gasteiger partial charge is 0.389 e. The van der Waals surface area contributed by atoms with Crippen molar-refractivity contribution in [3.05, 3.63) is 29.1 Å². The number of hydrogen-bond donors (Lipinski definition) is 1. The molecule has 0 radical (unpaired) electrons. The molecule has 1 atom stereocenters. The van der Waals surface area contributed by atoms with Gasteiger partial charge >= 0.3 is 0 Å². The van der Waals surface area contributed by atoms with Crippen LogP contribution < -0.4 is 0 Å². The van der Waals surface area contributed by atoms with Crippen molar-refractivity contribution >= 4 is 11.8 Å². The van der Waals surface area contributed by atoms with Gasteiger partial charge in [0.2, 0.25) is 0 Å². The zero-order valence-electron chi connectivity index (χ0n) is 10.5. The van der Waals surface area contributed by atoms with Crippen molar-refractivity contribution in [1.29, 1.82) is 0 Å². The summed E-state index contributed by atoms with van der Waals surface area (Å²) in [7, 11) is 0. The van der Waals surface area contributed by atoms with Gasteiger partial charge in [-0.2, -0.15) is 0 Å². The minimum Gasteiger partial charge on any atom is -0.389 e. The van der Waals surface area contributed by atoms with Crippen LogP contribution in [-0.2, 0) is 0 Å². The van der Waals surface area contributed by atoms with E-state index in [1.807, 2.05) is 6.07 Å². The predicted octanol–water partition coefficient (Wildman–Crippen LogP) is 4.08. The van der Waals surface area contributed by atoms with Crippen LogP contribution >= 0.6 is 11.8 Å². The first-order valence-corrected chi connectivity index (χ1v) is 6.19. The van der Waals surface area contributed by atoms with Crippen LogP contribution in [-0.4, -0.2) is 9.85 Å². The Hall–Kier alpha value is -0.540. The average Bonchev–Trinajstić information content (AvgIpc) is 2.07. The normalized spacial score (nSPS) is 13.9. The van der Waals surface area contributed by atoms with Crippen LogP contribution in [0.3, 0.4) is 0 Å². The van der Waals surface area contributed by atoms with Gasteiger partial charge in [0.25, 0.3) is 0 Å². The van der Waals surface area contributed by atoms with E-state index in [2.05, 4.69) is 20.8 Å². The van der Waals surface area contributed by atoms with E-state index >= 15 is 0 Å². The molecule has 0 aliphatic rings. The first-order chi connectivity index (χ1) is 7.20. The molecule has 0 spiro atoms.